The number of hydrogen-bond acceptors (Lipinski definition) is 7. The Morgan fingerprint density at radius 1 is 1.18 bits per heavy atom. The van der Waals surface area contributed by atoms with Crippen LogP contribution in [0, 0.1) is 5.92 Å². The second kappa shape index (κ2) is 9.16. The molecule has 2 aliphatic rings. The highest BCUT2D eigenvalue weighted by Gasteiger charge is 2.43. The van der Waals surface area contributed by atoms with Crippen molar-refractivity contribution in [1.82, 2.24) is 10.2 Å². The fourth-order valence-electron chi connectivity index (χ4n) is 3.94. The molecule has 1 aromatic carbocycles. The van der Waals surface area contributed by atoms with Gasteiger partial charge in [-0.15, -0.1) is 0 Å². The number of hydrogen-bond donors (Lipinski definition) is 1. The van der Waals surface area contributed by atoms with Crippen molar-refractivity contribution in [3.63, 3.8) is 0 Å². The molecule has 176 valence electrons. The number of carbonyl (C=O) groups is 2. The maximum Gasteiger partial charge on any atom is 0.416 e. The number of anilines is 1. The number of aliphatic imine (C=N–C) groups is 1. The number of nitrogens with zero attached hydrogens (tertiary/aromatic N) is 3. The van der Waals surface area contributed by atoms with Crippen molar-refractivity contribution in [3.05, 3.63) is 54.0 Å². The van der Waals surface area contributed by atoms with Crippen LogP contribution in [-0.2, 0) is 20.5 Å². The molecule has 2 atom stereocenters. The molecule has 1 amide bonds. The minimum atomic E-state index is -4.41. The first kappa shape index (κ1) is 22.7. The summed E-state index contributed by atoms with van der Waals surface area (Å²) in [4.78, 5) is 33.5. The average Bonchev–Trinajstić information content (AvgIpc) is 3.33. The Balaban J connectivity index is 1.50. The number of alkyl halides is 3. The molecule has 33 heavy (non-hydrogen) atoms. The molecule has 0 radical (unpaired) electrons. The van der Waals surface area contributed by atoms with E-state index >= 15 is 0 Å². The highest BCUT2D eigenvalue weighted by Crippen LogP contribution is 2.33. The van der Waals surface area contributed by atoms with Gasteiger partial charge < -0.3 is 19.0 Å². The van der Waals surface area contributed by atoms with Gasteiger partial charge in [0.2, 0.25) is 11.9 Å². The fraction of sp³-hybridized carbons (Fsp3) is 0.409. The lowest BCUT2D eigenvalue weighted by Gasteiger charge is -2.39. The Labute approximate surface area is 188 Å². The Hall–Kier alpha value is -3.50. The van der Waals surface area contributed by atoms with Crippen molar-refractivity contribution in [2.24, 2.45) is 10.9 Å². The molecular weight excluding hydrogens is 441 g/mol. The largest absolute Gasteiger partial charge is 0.467 e. The van der Waals surface area contributed by atoms with Crippen LogP contribution in [0.1, 0.15) is 24.3 Å². The number of piperazine rings is 1. The summed E-state index contributed by atoms with van der Waals surface area (Å²) in [5.41, 5.74) is -0.215. The highest BCUT2D eigenvalue weighted by atomic mass is 19.4. The third-order valence-corrected chi connectivity index (χ3v) is 5.59. The van der Waals surface area contributed by atoms with E-state index in [0.29, 0.717) is 43.6 Å². The summed E-state index contributed by atoms with van der Waals surface area (Å²) in [5, 5.41) is 2.68. The van der Waals surface area contributed by atoms with E-state index in [9.17, 15) is 22.8 Å². The summed E-state index contributed by atoms with van der Waals surface area (Å²) < 4.78 is 49.6. The van der Waals surface area contributed by atoms with E-state index in [1.54, 1.807) is 25.1 Å². The Morgan fingerprint density at radius 2 is 1.91 bits per heavy atom. The minimum absolute atomic E-state index is 0.127. The maximum absolute atomic E-state index is 13.0. The van der Waals surface area contributed by atoms with Gasteiger partial charge in [-0.05, 0) is 37.3 Å². The van der Waals surface area contributed by atoms with E-state index in [1.807, 2.05) is 9.80 Å². The van der Waals surface area contributed by atoms with E-state index in [0.717, 1.165) is 12.1 Å². The van der Waals surface area contributed by atoms with Crippen LogP contribution in [-0.4, -0.2) is 55.5 Å². The molecule has 0 unspecified atom stereocenters. The van der Waals surface area contributed by atoms with Crippen LogP contribution >= 0.6 is 0 Å². The van der Waals surface area contributed by atoms with E-state index < -0.39 is 35.6 Å². The number of rotatable bonds is 4. The quantitative estimate of drug-likeness (QED) is 0.553. The molecule has 2 aromatic rings. The van der Waals surface area contributed by atoms with Gasteiger partial charge in [0.05, 0.1) is 18.4 Å². The summed E-state index contributed by atoms with van der Waals surface area (Å²) in [5.74, 6) is -1.74. The van der Waals surface area contributed by atoms with Gasteiger partial charge in [-0.3, -0.25) is 14.9 Å². The number of carbonyl (C=O) groups excluding carboxylic acids is 2. The first-order valence-corrected chi connectivity index (χ1v) is 10.5. The first-order valence-electron chi connectivity index (χ1n) is 10.5. The van der Waals surface area contributed by atoms with Gasteiger partial charge in [0, 0.05) is 31.9 Å². The molecule has 11 heteroatoms. The third-order valence-electron chi connectivity index (χ3n) is 5.59. The zero-order valence-electron chi connectivity index (χ0n) is 17.8. The van der Waals surface area contributed by atoms with Crippen molar-refractivity contribution in [3.8, 4) is 0 Å². The normalized spacial score (nSPS) is 21.5. The molecule has 2 aliphatic heterocycles. The number of amides is 1. The summed E-state index contributed by atoms with van der Waals surface area (Å²) >= 11 is 0. The number of esters is 1. The fourth-order valence-corrected chi connectivity index (χ4v) is 3.94. The molecule has 0 spiro atoms. The summed E-state index contributed by atoms with van der Waals surface area (Å²) in [6.07, 6.45) is -2.97. The molecule has 1 saturated heterocycles. The number of guanidine groups is 1. The zero-order valence-corrected chi connectivity index (χ0v) is 17.8. The Bertz CT molecular complexity index is 1030. The molecule has 1 fully saturated rings. The lowest BCUT2D eigenvalue weighted by atomic mass is 9.95. The Kier molecular flexibility index (Phi) is 6.30. The van der Waals surface area contributed by atoms with E-state index in [-0.39, 0.29) is 6.61 Å². The number of halogens is 3. The van der Waals surface area contributed by atoms with Crippen LogP contribution in [0.15, 0.2) is 52.1 Å². The van der Waals surface area contributed by atoms with Gasteiger partial charge in [-0.25, -0.2) is 4.99 Å². The summed E-state index contributed by atoms with van der Waals surface area (Å²) in [6, 6.07) is 7.62. The molecule has 1 N–H and O–H groups in total. The lowest BCUT2D eigenvalue weighted by molar-refractivity contribution is -0.153. The van der Waals surface area contributed by atoms with Crippen LogP contribution in [0.5, 0.6) is 0 Å². The van der Waals surface area contributed by atoms with E-state index in [4.69, 9.17) is 9.15 Å². The topological polar surface area (TPSA) is 87.4 Å². The first-order chi connectivity index (χ1) is 15.8. The molecule has 3 heterocycles. The SMILES string of the molecule is CCOC(=O)[C@@H]1C(=O)NC(N2CCN(c3cccc(C(F)(F)F)c3)CC2)=N[C@H]1c1ccco1. The van der Waals surface area contributed by atoms with Crippen molar-refractivity contribution in [2.75, 3.05) is 37.7 Å². The van der Waals surface area contributed by atoms with Gasteiger partial charge in [-0.1, -0.05) is 6.07 Å². The highest BCUT2D eigenvalue weighted by molar-refractivity contribution is 6.08. The van der Waals surface area contributed by atoms with Crippen LogP contribution in [0.25, 0.3) is 0 Å². The van der Waals surface area contributed by atoms with Gasteiger partial charge in [0.1, 0.15) is 11.8 Å². The number of furan rings is 1. The van der Waals surface area contributed by atoms with Gasteiger partial charge in [0.25, 0.3) is 0 Å². The lowest BCUT2D eigenvalue weighted by Crippen LogP contribution is -2.57. The molecule has 8 nitrogen and oxygen atoms in total. The molecular formula is C22H23F3N4O4. The monoisotopic (exact) mass is 464 g/mol. The van der Waals surface area contributed by atoms with E-state index in [2.05, 4.69) is 10.3 Å². The predicted octanol–water partition coefficient (Wildman–Crippen LogP) is 2.83. The zero-order chi connectivity index (χ0) is 23.6. The minimum Gasteiger partial charge on any atom is -0.467 e. The van der Waals surface area contributed by atoms with Crippen LogP contribution < -0.4 is 10.2 Å². The number of nitrogens with one attached hydrogen (secondary N) is 1. The molecule has 0 saturated carbocycles. The number of benzene rings is 1. The summed E-state index contributed by atoms with van der Waals surface area (Å²) in [7, 11) is 0. The summed E-state index contributed by atoms with van der Waals surface area (Å²) in [6.45, 7) is 3.49. The van der Waals surface area contributed by atoms with Gasteiger partial charge >= 0.3 is 12.1 Å². The maximum atomic E-state index is 13.0. The van der Waals surface area contributed by atoms with Crippen molar-refractivity contribution < 1.29 is 31.9 Å². The van der Waals surface area contributed by atoms with Gasteiger partial charge in [-0.2, -0.15) is 13.2 Å². The van der Waals surface area contributed by atoms with E-state index in [1.165, 1.54) is 12.3 Å². The predicted molar refractivity (Wildman–Crippen MR) is 112 cm³/mol. The van der Waals surface area contributed by atoms with Gasteiger partial charge in [0.15, 0.2) is 5.92 Å². The molecule has 0 bridgehead atoms. The van der Waals surface area contributed by atoms with Crippen LogP contribution in [0.3, 0.4) is 0 Å². The smallest absolute Gasteiger partial charge is 0.416 e. The Morgan fingerprint density at radius 3 is 2.55 bits per heavy atom. The number of ether oxygens (including phenoxy) is 1. The van der Waals surface area contributed by atoms with Crippen LogP contribution in [0.4, 0.5) is 18.9 Å². The van der Waals surface area contributed by atoms with Crippen LogP contribution in [0.2, 0.25) is 0 Å². The van der Waals surface area contributed by atoms with Crippen molar-refractivity contribution in [2.45, 2.75) is 19.1 Å². The molecule has 4 rings (SSSR count). The standard InChI is InChI=1S/C22H23F3N4O4/c1-2-32-20(31)17-18(16-7-4-12-33-16)26-21(27-19(17)30)29-10-8-28(9-11-29)15-6-3-5-14(13-15)22(23,24)25/h3-7,12-13,17-18H,2,8-11H2,1H3,(H,26,27,30)/t17-,18-/m0/s1. The second-order valence-electron chi connectivity index (χ2n) is 7.65. The second-order valence-corrected chi connectivity index (χ2v) is 7.65. The van der Waals surface area contributed by atoms with Crippen molar-refractivity contribution >= 4 is 23.5 Å². The third kappa shape index (κ3) is 4.81. The molecule has 0 aliphatic carbocycles. The molecule has 1 aromatic heterocycles. The van der Waals surface area contributed by atoms with Crippen molar-refractivity contribution in [1.29, 1.82) is 0 Å². The average molecular weight is 464 g/mol.